The van der Waals surface area contributed by atoms with E-state index in [-0.39, 0.29) is 0 Å². The third-order valence-corrected chi connectivity index (χ3v) is 2.24. The fourth-order valence-electron chi connectivity index (χ4n) is 0.716. The Kier molecular flexibility index (Phi) is 3.20. The van der Waals surface area contributed by atoms with Gasteiger partial charge in [-0.1, -0.05) is 0 Å². The number of methoxy groups -OCH3 is 2. The zero-order valence-corrected chi connectivity index (χ0v) is 7.80. The molecule has 0 spiro atoms. The van der Waals surface area contributed by atoms with Gasteiger partial charge in [0.05, 0.1) is 5.41 Å². The molecule has 0 saturated carbocycles. The fraction of sp³-hybridized carbons (Fsp3) is 0.875. The van der Waals surface area contributed by atoms with Gasteiger partial charge in [-0.05, 0) is 20.8 Å². The molecular formula is C8H16O3. The molecule has 0 heterocycles. The largest absolute Gasteiger partial charge is 0.352 e. The molecule has 66 valence electrons. The minimum atomic E-state index is -0.839. The van der Waals surface area contributed by atoms with Crippen LogP contribution in [0.5, 0.6) is 0 Å². The lowest BCUT2D eigenvalue weighted by atomic mass is 9.86. The van der Waals surface area contributed by atoms with Crippen molar-refractivity contribution in [2.24, 2.45) is 5.41 Å². The summed E-state index contributed by atoms with van der Waals surface area (Å²) >= 11 is 0. The normalized spacial score (nSPS) is 13.2. The maximum absolute atomic E-state index is 10.6. The molecule has 0 rings (SSSR count). The zero-order valence-electron chi connectivity index (χ0n) is 7.80. The molecule has 0 aromatic rings. The molecule has 11 heavy (non-hydrogen) atoms. The van der Waals surface area contributed by atoms with Crippen LogP contribution < -0.4 is 0 Å². The van der Waals surface area contributed by atoms with Gasteiger partial charge >= 0.3 is 0 Å². The van der Waals surface area contributed by atoms with E-state index in [1.165, 1.54) is 14.2 Å². The van der Waals surface area contributed by atoms with E-state index in [0.29, 0.717) is 0 Å². The first-order valence-corrected chi connectivity index (χ1v) is 3.50. The molecule has 0 N–H and O–H groups in total. The van der Waals surface area contributed by atoms with Gasteiger partial charge in [0.2, 0.25) is 0 Å². The Balaban J connectivity index is 4.60. The molecule has 0 aliphatic rings. The van der Waals surface area contributed by atoms with Gasteiger partial charge in [0.25, 0.3) is 0 Å². The van der Waals surface area contributed by atoms with Crippen LogP contribution in [0.2, 0.25) is 0 Å². The minimum Gasteiger partial charge on any atom is -0.352 e. The summed E-state index contributed by atoms with van der Waals surface area (Å²) in [5, 5.41) is 0. The van der Waals surface area contributed by atoms with Crippen molar-refractivity contribution in [2.45, 2.75) is 26.6 Å². The summed E-state index contributed by atoms with van der Waals surface area (Å²) in [5.41, 5.74) is -0.628. The molecule has 0 fully saturated rings. The Morgan fingerprint density at radius 1 is 1.09 bits per heavy atom. The van der Waals surface area contributed by atoms with Crippen LogP contribution in [-0.4, -0.2) is 26.3 Å². The zero-order chi connectivity index (χ0) is 9.12. The Labute approximate surface area is 67.7 Å². The summed E-state index contributed by atoms with van der Waals surface area (Å²) in [5.74, 6) is -0.839. The van der Waals surface area contributed by atoms with Crippen LogP contribution in [-0.2, 0) is 14.3 Å². The van der Waals surface area contributed by atoms with E-state index < -0.39 is 11.2 Å². The van der Waals surface area contributed by atoms with Crippen LogP contribution in [0, 0.1) is 5.41 Å². The second kappa shape index (κ2) is 3.32. The standard InChI is InChI=1S/C8H16O3/c1-7(2,6-9)8(3,10-4)11-5/h6H,1-5H3. The summed E-state index contributed by atoms with van der Waals surface area (Å²) < 4.78 is 10.2. The van der Waals surface area contributed by atoms with Crippen LogP contribution in [0.3, 0.4) is 0 Å². The van der Waals surface area contributed by atoms with Gasteiger partial charge in [-0.15, -0.1) is 0 Å². The molecule has 0 atom stereocenters. The smallest absolute Gasteiger partial charge is 0.176 e. The van der Waals surface area contributed by atoms with E-state index in [4.69, 9.17) is 9.47 Å². The van der Waals surface area contributed by atoms with E-state index in [2.05, 4.69) is 0 Å². The highest BCUT2D eigenvalue weighted by atomic mass is 16.7. The second-order valence-electron chi connectivity index (χ2n) is 3.19. The van der Waals surface area contributed by atoms with E-state index in [1.807, 2.05) is 0 Å². The Morgan fingerprint density at radius 3 is 1.55 bits per heavy atom. The number of rotatable bonds is 4. The predicted molar refractivity (Wildman–Crippen MR) is 42.3 cm³/mol. The van der Waals surface area contributed by atoms with Crippen molar-refractivity contribution in [1.29, 1.82) is 0 Å². The predicted octanol–water partition coefficient (Wildman–Crippen LogP) is 1.22. The summed E-state index contributed by atoms with van der Waals surface area (Å²) in [6.07, 6.45) is 0.833. The van der Waals surface area contributed by atoms with Crippen LogP contribution in [0.25, 0.3) is 0 Å². The maximum Gasteiger partial charge on any atom is 0.176 e. The highest BCUT2D eigenvalue weighted by molar-refractivity contribution is 5.59. The number of aldehydes is 1. The van der Waals surface area contributed by atoms with Gasteiger partial charge in [0.1, 0.15) is 6.29 Å². The Bertz CT molecular complexity index is 136. The highest BCUT2D eigenvalue weighted by Gasteiger charge is 2.41. The monoisotopic (exact) mass is 160 g/mol. The molecule has 0 unspecified atom stereocenters. The third kappa shape index (κ3) is 1.79. The van der Waals surface area contributed by atoms with E-state index in [0.717, 1.165) is 6.29 Å². The summed E-state index contributed by atoms with van der Waals surface area (Å²) in [6.45, 7) is 5.28. The molecule has 0 bridgehead atoms. The van der Waals surface area contributed by atoms with Gasteiger partial charge in [-0.25, -0.2) is 0 Å². The number of hydrogen-bond acceptors (Lipinski definition) is 3. The van der Waals surface area contributed by atoms with Crippen LogP contribution >= 0.6 is 0 Å². The van der Waals surface area contributed by atoms with Gasteiger partial charge in [-0.2, -0.15) is 0 Å². The maximum atomic E-state index is 10.6. The molecule has 0 aromatic carbocycles. The quantitative estimate of drug-likeness (QED) is 0.458. The van der Waals surface area contributed by atoms with E-state index >= 15 is 0 Å². The first-order chi connectivity index (χ1) is 4.93. The average Bonchev–Trinajstić information content (AvgIpc) is 2.02. The first-order valence-electron chi connectivity index (χ1n) is 3.50. The van der Waals surface area contributed by atoms with Gasteiger partial charge in [0.15, 0.2) is 5.79 Å². The first kappa shape index (κ1) is 10.6. The lowest BCUT2D eigenvalue weighted by Gasteiger charge is -2.37. The molecule has 0 radical (unpaired) electrons. The van der Waals surface area contributed by atoms with Crippen molar-refractivity contribution < 1.29 is 14.3 Å². The third-order valence-electron chi connectivity index (χ3n) is 2.24. The fourth-order valence-corrected chi connectivity index (χ4v) is 0.716. The summed E-state index contributed by atoms with van der Waals surface area (Å²) in [4.78, 5) is 10.6. The molecule has 0 aromatic heterocycles. The summed E-state index contributed by atoms with van der Waals surface area (Å²) in [7, 11) is 3.05. The molecular weight excluding hydrogens is 144 g/mol. The van der Waals surface area contributed by atoms with Crippen LogP contribution in [0.15, 0.2) is 0 Å². The Morgan fingerprint density at radius 2 is 1.45 bits per heavy atom. The van der Waals surface area contributed by atoms with Crippen LogP contribution in [0.1, 0.15) is 20.8 Å². The Hall–Kier alpha value is -0.410. The van der Waals surface area contributed by atoms with E-state index in [1.54, 1.807) is 20.8 Å². The lowest BCUT2D eigenvalue weighted by molar-refractivity contribution is -0.245. The van der Waals surface area contributed by atoms with Gasteiger partial charge in [-0.3, -0.25) is 0 Å². The van der Waals surface area contributed by atoms with Gasteiger partial charge < -0.3 is 14.3 Å². The molecule has 0 aliphatic carbocycles. The number of carbonyl (C=O) groups excluding carboxylic acids is 1. The lowest BCUT2D eigenvalue weighted by Crippen LogP contribution is -2.46. The molecule has 3 nitrogen and oxygen atoms in total. The average molecular weight is 160 g/mol. The van der Waals surface area contributed by atoms with Crippen LogP contribution in [0.4, 0.5) is 0 Å². The number of carbonyl (C=O) groups is 1. The molecule has 0 saturated heterocycles. The van der Waals surface area contributed by atoms with Crippen molar-refractivity contribution in [3.05, 3.63) is 0 Å². The number of ether oxygens (including phenoxy) is 2. The molecule has 0 amide bonds. The van der Waals surface area contributed by atoms with Crippen molar-refractivity contribution >= 4 is 6.29 Å². The van der Waals surface area contributed by atoms with E-state index in [9.17, 15) is 4.79 Å². The topological polar surface area (TPSA) is 35.5 Å². The highest BCUT2D eigenvalue weighted by Crippen LogP contribution is 2.31. The minimum absolute atomic E-state index is 0.628. The number of hydrogen-bond donors (Lipinski definition) is 0. The second-order valence-corrected chi connectivity index (χ2v) is 3.19. The molecule has 0 aliphatic heterocycles. The van der Waals surface area contributed by atoms with Gasteiger partial charge in [0, 0.05) is 14.2 Å². The molecule has 3 heteroatoms. The van der Waals surface area contributed by atoms with Crippen molar-refractivity contribution in [3.8, 4) is 0 Å². The summed E-state index contributed by atoms with van der Waals surface area (Å²) in [6, 6.07) is 0. The van der Waals surface area contributed by atoms with Crippen molar-refractivity contribution in [2.75, 3.05) is 14.2 Å². The van der Waals surface area contributed by atoms with Crippen molar-refractivity contribution in [3.63, 3.8) is 0 Å². The SMILES string of the molecule is COC(C)(OC)C(C)(C)C=O. The van der Waals surface area contributed by atoms with Crippen molar-refractivity contribution in [1.82, 2.24) is 0 Å².